The summed E-state index contributed by atoms with van der Waals surface area (Å²) in [6, 6.07) is 0.180. The fourth-order valence-electron chi connectivity index (χ4n) is 3.87. The number of nitrogens with one attached hydrogen (secondary N) is 2. The molecular formula is C17H32Cl2N2O4. The third kappa shape index (κ3) is 6.93. The number of halogens is 2. The maximum atomic E-state index is 12.3. The maximum Gasteiger partial charge on any atom is 0.310 e. The molecule has 0 aromatic carbocycles. The van der Waals surface area contributed by atoms with Crippen molar-refractivity contribution in [2.24, 2.45) is 11.8 Å². The fourth-order valence-corrected chi connectivity index (χ4v) is 3.87. The van der Waals surface area contributed by atoms with Gasteiger partial charge in [-0.2, -0.15) is 0 Å². The van der Waals surface area contributed by atoms with Crippen molar-refractivity contribution in [3.63, 3.8) is 0 Å². The molecule has 25 heavy (non-hydrogen) atoms. The Balaban J connectivity index is 0.00000288. The van der Waals surface area contributed by atoms with Gasteiger partial charge in [-0.1, -0.05) is 12.8 Å². The van der Waals surface area contributed by atoms with Crippen molar-refractivity contribution in [3.05, 3.63) is 0 Å². The maximum absolute atomic E-state index is 12.3. The molecule has 2 aliphatic heterocycles. The highest BCUT2D eigenvalue weighted by Crippen LogP contribution is 2.28. The standard InChI is InChI=1S/C17H30N2O4.2ClH/c1-22-16(20)12(14-7-3-5-9-18-14)11-13(17(21)23-2)15-8-4-6-10-19-15;;/h12-15,18-19H,3-11H2,1-2H3;2*1H. The number of hydrogen-bond acceptors (Lipinski definition) is 6. The minimum absolute atomic E-state index is 0. The van der Waals surface area contributed by atoms with Gasteiger partial charge in [0.25, 0.3) is 0 Å². The van der Waals surface area contributed by atoms with E-state index in [1.165, 1.54) is 14.2 Å². The van der Waals surface area contributed by atoms with Crippen LogP contribution in [0.25, 0.3) is 0 Å². The molecule has 2 heterocycles. The zero-order valence-corrected chi connectivity index (χ0v) is 16.8. The molecule has 8 heteroatoms. The van der Waals surface area contributed by atoms with Crippen LogP contribution in [0.2, 0.25) is 0 Å². The molecule has 0 aliphatic carbocycles. The molecule has 4 atom stereocenters. The van der Waals surface area contributed by atoms with Crippen LogP contribution in [0.4, 0.5) is 0 Å². The molecule has 148 valence electrons. The number of rotatable bonds is 6. The van der Waals surface area contributed by atoms with Crippen LogP contribution in [0.5, 0.6) is 0 Å². The molecule has 0 bridgehead atoms. The molecule has 0 aromatic rings. The van der Waals surface area contributed by atoms with Crippen LogP contribution in [-0.2, 0) is 19.1 Å². The first-order valence-electron chi connectivity index (χ1n) is 8.79. The molecule has 2 saturated heterocycles. The van der Waals surface area contributed by atoms with Crippen LogP contribution in [0.15, 0.2) is 0 Å². The third-order valence-electron chi connectivity index (χ3n) is 5.18. The first kappa shape index (κ1) is 24.4. The van der Waals surface area contributed by atoms with Crippen LogP contribution >= 0.6 is 24.8 Å². The normalized spacial score (nSPS) is 25.5. The number of carbonyl (C=O) groups is 2. The van der Waals surface area contributed by atoms with E-state index in [1.54, 1.807) is 0 Å². The highest BCUT2D eigenvalue weighted by atomic mass is 35.5. The first-order valence-corrected chi connectivity index (χ1v) is 8.79. The van der Waals surface area contributed by atoms with Crippen molar-refractivity contribution in [2.45, 2.75) is 57.0 Å². The molecule has 2 fully saturated rings. The van der Waals surface area contributed by atoms with E-state index in [0.717, 1.165) is 51.6 Å². The van der Waals surface area contributed by atoms with E-state index < -0.39 is 0 Å². The van der Waals surface area contributed by atoms with Crippen molar-refractivity contribution >= 4 is 36.8 Å². The van der Waals surface area contributed by atoms with Crippen LogP contribution in [0, 0.1) is 11.8 Å². The van der Waals surface area contributed by atoms with Gasteiger partial charge in [-0.15, -0.1) is 24.8 Å². The summed E-state index contributed by atoms with van der Waals surface area (Å²) in [5.74, 6) is -1.05. The van der Waals surface area contributed by atoms with Gasteiger partial charge in [0, 0.05) is 12.1 Å². The second kappa shape index (κ2) is 12.7. The number of ether oxygens (including phenoxy) is 2. The highest BCUT2D eigenvalue weighted by molar-refractivity contribution is 5.85. The van der Waals surface area contributed by atoms with Crippen LogP contribution < -0.4 is 10.6 Å². The van der Waals surface area contributed by atoms with Crippen LogP contribution in [-0.4, -0.2) is 51.3 Å². The van der Waals surface area contributed by atoms with Crippen LogP contribution in [0.1, 0.15) is 44.9 Å². The van der Waals surface area contributed by atoms with Gasteiger partial charge in [0.1, 0.15) is 0 Å². The number of methoxy groups -OCH3 is 2. The van der Waals surface area contributed by atoms with Crippen molar-refractivity contribution in [1.82, 2.24) is 10.6 Å². The smallest absolute Gasteiger partial charge is 0.310 e. The number of hydrogen-bond donors (Lipinski definition) is 2. The Hall–Kier alpha value is -0.560. The SMILES string of the molecule is COC(=O)C(CC(C(=O)OC)C1CCCCN1)C1CCCCN1.Cl.Cl. The second-order valence-electron chi connectivity index (χ2n) is 6.61. The molecule has 0 amide bonds. The van der Waals surface area contributed by atoms with E-state index in [-0.39, 0.29) is 60.7 Å². The monoisotopic (exact) mass is 398 g/mol. The average molecular weight is 399 g/mol. The van der Waals surface area contributed by atoms with Crippen molar-refractivity contribution in [2.75, 3.05) is 27.3 Å². The summed E-state index contributed by atoms with van der Waals surface area (Å²) in [4.78, 5) is 24.6. The lowest BCUT2D eigenvalue weighted by Gasteiger charge is -2.35. The Kier molecular flexibility index (Phi) is 12.5. The molecule has 0 aromatic heterocycles. The van der Waals surface area contributed by atoms with E-state index in [2.05, 4.69) is 10.6 Å². The lowest BCUT2D eigenvalue weighted by molar-refractivity contribution is -0.151. The van der Waals surface area contributed by atoms with Gasteiger partial charge in [0.15, 0.2) is 0 Å². The molecule has 0 saturated carbocycles. The Labute approximate surface area is 163 Å². The summed E-state index contributed by atoms with van der Waals surface area (Å²) in [6.07, 6.45) is 6.86. The molecule has 4 unspecified atom stereocenters. The molecular weight excluding hydrogens is 367 g/mol. The largest absolute Gasteiger partial charge is 0.469 e. The fraction of sp³-hybridized carbons (Fsp3) is 0.882. The molecule has 2 rings (SSSR count). The summed E-state index contributed by atoms with van der Waals surface area (Å²) >= 11 is 0. The molecule has 0 radical (unpaired) electrons. The van der Waals surface area contributed by atoms with Crippen molar-refractivity contribution in [3.8, 4) is 0 Å². The zero-order valence-electron chi connectivity index (χ0n) is 15.1. The zero-order chi connectivity index (χ0) is 16.7. The molecule has 2 aliphatic rings. The van der Waals surface area contributed by atoms with Crippen molar-refractivity contribution < 1.29 is 19.1 Å². The van der Waals surface area contributed by atoms with E-state index in [0.29, 0.717) is 6.42 Å². The van der Waals surface area contributed by atoms with Crippen LogP contribution in [0.3, 0.4) is 0 Å². The number of esters is 2. The summed E-state index contributed by atoms with van der Waals surface area (Å²) in [5, 5.41) is 6.85. The molecule has 0 spiro atoms. The second-order valence-corrected chi connectivity index (χ2v) is 6.61. The topological polar surface area (TPSA) is 76.7 Å². The minimum atomic E-state index is -0.298. The Morgan fingerprint density at radius 3 is 1.52 bits per heavy atom. The molecule has 6 nitrogen and oxygen atoms in total. The minimum Gasteiger partial charge on any atom is -0.469 e. The van der Waals surface area contributed by atoms with E-state index in [1.807, 2.05) is 0 Å². The van der Waals surface area contributed by atoms with E-state index in [4.69, 9.17) is 9.47 Å². The average Bonchev–Trinajstić information content (AvgIpc) is 2.63. The van der Waals surface area contributed by atoms with Gasteiger partial charge in [0.2, 0.25) is 0 Å². The lowest BCUT2D eigenvalue weighted by atomic mass is 9.80. The predicted octanol–water partition coefficient (Wildman–Crippen LogP) is 2.08. The quantitative estimate of drug-likeness (QED) is 0.666. The number of carbonyl (C=O) groups excluding carboxylic acids is 2. The van der Waals surface area contributed by atoms with Crippen molar-refractivity contribution in [1.29, 1.82) is 0 Å². The van der Waals surface area contributed by atoms with Gasteiger partial charge in [0.05, 0.1) is 26.1 Å². The lowest BCUT2D eigenvalue weighted by Crippen LogP contribution is -2.49. The van der Waals surface area contributed by atoms with Gasteiger partial charge >= 0.3 is 11.9 Å². The Bertz CT molecular complexity index is 364. The summed E-state index contributed by atoms with van der Waals surface area (Å²) in [7, 11) is 2.84. The van der Waals surface area contributed by atoms with E-state index in [9.17, 15) is 9.59 Å². The first-order chi connectivity index (χ1) is 11.2. The summed E-state index contributed by atoms with van der Waals surface area (Å²) in [6.45, 7) is 1.84. The Morgan fingerprint density at radius 2 is 1.24 bits per heavy atom. The summed E-state index contributed by atoms with van der Waals surface area (Å²) < 4.78 is 10.0. The summed E-state index contributed by atoms with van der Waals surface area (Å²) in [5.41, 5.74) is 0. The van der Waals surface area contributed by atoms with Gasteiger partial charge in [-0.3, -0.25) is 9.59 Å². The molecule has 2 N–H and O–H groups in total. The predicted molar refractivity (Wildman–Crippen MR) is 101 cm³/mol. The van der Waals surface area contributed by atoms with Gasteiger partial charge < -0.3 is 20.1 Å². The highest BCUT2D eigenvalue weighted by Gasteiger charge is 2.38. The van der Waals surface area contributed by atoms with Gasteiger partial charge in [-0.25, -0.2) is 0 Å². The number of piperidine rings is 2. The van der Waals surface area contributed by atoms with Gasteiger partial charge in [-0.05, 0) is 45.2 Å². The van der Waals surface area contributed by atoms with E-state index >= 15 is 0 Å². The third-order valence-corrected chi connectivity index (χ3v) is 5.18. The Morgan fingerprint density at radius 1 is 0.840 bits per heavy atom.